The Balaban J connectivity index is 2.43. The smallest absolute Gasteiger partial charge is 0.198 e. The van der Waals surface area contributed by atoms with Crippen molar-refractivity contribution in [1.29, 1.82) is 0 Å². The van der Waals surface area contributed by atoms with Gasteiger partial charge in [-0.3, -0.25) is 9.78 Å². The average molecular weight is 269 g/mol. The lowest BCUT2D eigenvalue weighted by molar-refractivity contribution is 0.103. The third-order valence-corrected chi connectivity index (χ3v) is 2.96. The molecule has 0 aliphatic rings. The third kappa shape index (κ3) is 3.05. The third-order valence-electron chi connectivity index (χ3n) is 2.96. The number of carbonyl (C=O) groups is 1. The van der Waals surface area contributed by atoms with Crippen LogP contribution in [0.15, 0.2) is 36.4 Å². The lowest BCUT2D eigenvalue weighted by Gasteiger charge is -2.14. The molecule has 0 saturated carbocycles. The lowest BCUT2D eigenvalue weighted by Crippen LogP contribution is -2.12. The molecule has 0 aliphatic carbocycles. The summed E-state index contributed by atoms with van der Waals surface area (Å²) in [4.78, 5) is 17.0. The zero-order chi connectivity index (χ0) is 14.7. The van der Waals surface area contributed by atoms with Crippen molar-refractivity contribution in [2.45, 2.75) is 33.8 Å². The summed E-state index contributed by atoms with van der Waals surface area (Å²) in [5, 5.41) is 0. The quantitative estimate of drug-likeness (QED) is 0.794. The number of aromatic nitrogens is 1. The van der Waals surface area contributed by atoms with Gasteiger partial charge in [0.2, 0.25) is 0 Å². The Kier molecular flexibility index (Phi) is 4.18. The number of hydrogen-bond donors (Lipinski definition) is 0. The predicted molar refractivity (Wildman–Crippen MR) is 79.3 cm³/mol. The number of nitrogens with zero attached hydrogens (tertiary/aromatic N) is 1. The van der Waals surface area contributed by atoms with E-state index in [2.05, 4.69) is 4.98 Å². The van der Waals surface area contributed by atoms with Gasteiger partial charge in [0.1, 0.15) is 5.75 Å². The van der Waals surface area contributed by atoms with Crippen molar-refractivity contribution in [1.82, 2.24) is 4.98 Å². The molecule has 104 valence electrons. The topological polar surface area (TPSA) is 39.2 Å². The molecular formula is C17H19NO2. The van der Waals surface area contributed by atoms with Gasteiger partial charge in [0.05, 0.1) is 11.7 Å². The Morgan fingerprint density at radius 1 is 1.05 bits per heavy atom. The van der Waals surface area contributed by atoms with Gasteiger partial charge in [-0.2, -0.15) is 0 Å². The summed E-state index contributed by atoms with van der Waals surface area (Å²) in [6.45, 7) is 7.66. The number of ether oxygens (including phenoxy) is 1. The molecule has 0 radical (unpaired) electrons. The van der Waals surface area contributed by atoms with E-state index >= 15 is 0 Å². The van der Waals surface area contributed by atoms with E-state index in [4.69, 9.17) is 4.74 Å². The molecule has 0 saturated heterocycles. The summed E-state index contributed by atoms with van der Waals surface area (Å²) < 4.78 is 5.71. The van der Waals surface area contributed by atoms with Crippen molar-refractivity contribution in [2.75, 3.05) is 0 Å². The minimum absolute atomic E-state index is 0.0289. The molecule has 20 heavy (non-hydrogen) atoms. The van der Waals surface area contributed by atoms with Crippen LogP contribution in [0.4, 0.5) is 0 Å². The maximum Gasteiger partial charge on any atom is 0.198 e. The normalized spacial score (nSPS) is 10.7. The SMILES string of the molecule is Cc1ccc(C(=O)c2ccccc2OC(C)C)c(C)n1. The van der Waals surface area contributed by atoms with E-state index in [0.29, 0.717) is 16.9 Å². The van der Waals surface area contributed by atoms with Crippen LogP contribution in [0.25, 0.3) is 0 Å². The molecule has 0 aliphatic heterocycles. The highest BCUT2D eigenvalue weighted by atomic mass is 16.5. The summed E-state index contributed by atoms with van der Waals surface area (Å²) in [7, 11) is 0. The van der Waals surface area contributed by atoms with Gasteiger partial charge >= 0.3 is 0 Å². The standard InChI is InChI=1S/C17H19NO2/c1-11(2)20-16-8-6-5-7-15(16)17(19)14-10-9-12(3)18-13(14)4/h5-11H,1-4H3. The van der Waals surface area contributed by atoms with Gasteiger partial charge in [-0.25, -0.2) is 0 Å². The van der Waals surface area contributed by atoms with Crippen molar-refractivity contribution in [3.05, 3.63) is 58.9 Å². The van der Waals surface area contributed by atoms with Gasteiger partial charge in [0, 0.05) is 17.0 Å². The Morgan fingerprint density at radius 3 is 2.40 bits per heavy atom. The molecule has 1 aromatic carbocycles. The van der Waals surface area contributed by atoms with E-state index in [9.17, 15) is 4.79 Å². The highest BCUT2D eigenvalue weighted by Gasteiger charge is 2.17. The lowest BCUT2D eigenvalue weighted by atomic mass is 10.0. The average Bonchev–Trinajstić information content (AvgIpc) is 2.38. The Hall–Kier alpha value is -2.16. The van der Waals surface area contributed by atoms with Gasteiger partial charge < -0.3 is 4.74 Å². The first-order chi connectivity index (χ1) is 9.49. The van der Waals surface area contributed by atoms with Crippen LogP contribution in [0.3, 0.4) is 0 Å². The van der Waals surface area contributed by atoms with Crippen LogP contribution in [0.2, 0.25) is 0 Å². The van der Waals surface area contributed by atoms with E-state index in [0.717, 1.165) is 11.4 Å². The number of rotatable bonds is 4. The zero-order valence-electron chi connectivity index (χ0n) is 12.3. The van der Waals surface area contributed by atoms with Crippen molar-refractivity contribution >= 4 is 5.78 Å². The molecule has 0 atom stereocenters. The maximum absolute atomic E-state index is 12.7. The highest BCUT2D eigenvalue weighted by Crippen LogP contribution is 2.23. The van der Waals surface area contributed by atoms with Crippen LogP contribution in [0.1, 0.15) is 41.2 Å². The highest BCUT2D eigenvalue weighted by molar-refractivity contribution is 6.11. The molecule has 2 rings (SSSR count). The number of hydrogen-bond acceptors (Lipinski definition) is 3. The molecule has 0 bridgehead atoms. The first kappa shape index (κ1) is 14.3. The van der Waals surface area contributed by atoms with E-state index in [-0.39, 0.29) is 11.9 Å². The summed E-state index contributed by atoms with van der Waals surface area (Å²) >= 11 is 0. The number of ketones is 1. The molecule has 2 aromatic rings. The fourth-order valence-electron chi connectivity index (χ4n) is 2.08. The van der Waals surface area contributed by atoms with Crippen molar-refractivity contribution < 1.29 is 9.53 Å². The van der Waals surface area contributed by atoms with Gasteiger partial charge in [-0.05, 0) is 52.0 Å². The molecular weight excluding hydrogens is 250 g/mol. The number of carbonyl (C=O) groups excluding carboxylic acids is 1. The minimum Gasteiger partial charge on any atom is -0.490 e. The Labute approximate surface area is 119 Å². The minimum atomic E-state index is -0.0498. The van der Waals surface area contributed by atoms with Crippen LogP contribution >= 0.6 is 0 Å². The second-order valence-corrected chi connectivity index (χ2v) is 5.08. The fourth-order valence-corrected chi connectivity index (χ4v) is 2.08. The second kappa shape index (κ2) is 5.87. The molecule has 1 heterocycles. The predicted octanol–water partition coefficient (Wildman–Crippen LogP) is 3.72. The summed E-state index contributed by atoms with van der Waals surface area (Å²) in [6, 6.07) is 11.0. The maximum atomic E-state index is 12.7. The number of para-hydroxylation sites is 1. The number of aryl methyl sites for hydroxylation is 2. The van der Waals surface area contributed by atoms with Crippen LogP contribution in [0.5, 0.6) is 5.75 Å². The van der Waals surface area contributed by atoms with Gasteiger partial charge in [0.25, 0.3) is 0 Å². The van der Waals surface area contributed by atoms with E-state index in [1.165, 1.54) is 0 Å². The van der Waals surface area contributed by atoms with E-state index in [1.807, 2.05) is 58.0 Å². The monoisotopic (exact) mass is 269 g/mol. The molecule has 3 heteroatoms. The molecule has 0 fully saturated rings. The fraction of sp³-hybridized carbons (Fsp3) is 0.294. The van der Waals surface area contributed by atoms with Crippen LogP contribution in [0, 0.1) is 13.8 Å². The second-order valence-electron chi connectivity index (χ2n) is 5.08. The molecule has 0 spiro atoms. The first-order valence-corrected chi connectivity index (χ1v) is 6.73. The molecule has 3 nitrogen and oxygen atoms in total. The summed E-state index contributed by atoms with van der Waals surface area (Å²) in [5.41, 5.74) is 2.85. The van der Waals surface area contributed by atoms with Crippen molar-refractivity contribution in [2.24, 2.45) is 0 Å². The molecule has 1 aromatic heterocycles. The molecule has 0 amide bonds. The summed E-state index contributed by atoms with van der Waals surface area (Å²) in [5.74, 6) is 0.568. The number of pyridine rings is 1. The zero-order valence-corrected chi connectivity index (χ0v) is 12.3. The molecule has 0 unspecified atom stereocenters. The number of benzene rings is 1. The van der Waals surface area contributed by atoms with Gasteiger partial charge in [-0.15, -0.1) is 0 Å². The van der Waals surface area contributed by atoms with Gasteiger partial charge in [0.15, 0.2) is 5.78 Å². The van der Waals surface area contributed by atoms with E-state index in [1.54, 1.807) is 6.07 Å². The van der Waals surface area contributed by atoms with Gasteiger partial charge in [-0.1, -0.05) is 12.1 Å². The largest absolute Gasteiger partial charge is 0.490 e. The molecule has 0 N–H and O–H groups in total. The van der Waals surface area contributed by atoms with Crippen LogP contribution in [-0.2, 0) is 0 Å². The van der Waals surface area contributed by atoms with Crippen LogP contribution < -0.4 is 4.74 Å². The Bertz CT molecular complexity index is 633. The van der Waals surface area contributed by atoms with Crippen molar-refractivity contribution in [3.63, 3.8) is 0 Å². The van der Waals surface area contributed by atoms with Crippen molar-refractivity contribution in [3.8, 4) is 5.75 Å². The Morgan fingerprint density at radius 2 is 1.75 bits per heavy atom. The first-order valence-electron chi connectivity index (χ1n) is 6.73. The van der Waals surface area contributed by atoms with Crippen LogP contribution in [-0.4, -0.2) is 16.9 Å². The summed E-state index contributed by atoms with van der Waals surface area (Å²) in [6.07, 6.45) is 0.0289. The van der Waals surface area contributed by atoms with E-state index < -0.39 is 0 Å².